The molecule has 17 heavy (non-hydrogen) atoms. The SMILES string of the molecule is COCC(C)CNCc1cccc2c1NCC2. The van der Waals surface area contributed by atoms with Crippen LogP contribution in [0.2, 0.25) is 0 Å². The Morgan fingerprint density at radius 2 is 2.35 bits per heavy atom. The Bertz CT molecular complexity index is 365. The van der Waals surface area contributed by atoms with Crippen molar-refractivity contribution in [2.24, 2.45) is 5.92 Å². The number of para-hydroxylation sites is 1. The van der Waals surface area contributed by atoms with Crippen LogP contribution in [0.4, 0.5) is 5.69 Å². The van der Waals surface area contributed by atoms with Gasteiger partial charge >= 0.3 is 0 Å². The molecule has 1 aliphatic heterocycles. The molecule has 0 bridgehead atoms. The van der Waals surface area contributed by atoms with Crippen molar-refractivity contribution < 1.29 is 4.74 Å². The van der Waals surface area contributed by atoms with E-state index in [-0.39, 0.29) is 0 Å². The molecule has 1 aromatic carbocycles. The highest BCUT2D eigenvalue weighted by atomic mass is 16.5. The number of methoxy groups -OCH3 is 1. The van der Waals surface area contributed by atoms with Gasteiger partial charge in [-0.15, -0.1) is 0 Å². The third-order valence-corrected chi connectivity index (χ3v) is 3.19. The summed E-state index contributed by atoms with van der Waals surface area (Å²) in [5, 5.41) is 6.96. The van der Waals surface area contributed by atoms with Crippen LogP contribution in [-0.2, 0) is 17.7 Å². The summed E-state index contributed by atoms with van der Waals surface area (Å²) < 4.78 is 5.13. The molecule has 1 atom stereocenters. The van der Waals surface area contributed by atoms with Crippen molar-refractivity contribution in [1.29, 1.82) is 0 Å². The van der Waals surface area contributed by atoms with Gasteiger partial charge in [0.15, 0.2) is 0 Å². The topological polar surface area (TPSA) is 33.3 Å². The van der Waals surface area contributed by atoms with E-state index in [0.717, 1.165) is 32.7 Å². The van der Waals surface area contributed by atoms with Crippen molar-refractivity contribution in [3.8, 4) is 0 Å². The first kappa shape index (κ1) is 12.4. The van der Waals surface area contributed by atoms with Crippen molar-refractivity contribution in [1.82, 2.24) is 5.32 Å². The fourth-order valence-corrected chi connectivity index (χ4v) is 2.35. The van der Waals surface area contributed by atoms with Gasteiger partial charge in [-0.2, -0.15) is 0 Å². The number of nitrogens with one attached hydrogen (secondary N) is 2. The number of rotatable bonds is 6. The van der Waals surface area contributed by atoms with E-state index >= 15 is 0 Å². The molecule has 2 rings (SSSR count). The average molecular weight is 234 g/mol. The second-order valence-corrected chi connectivity index (χ2v) is 4.82. The highest BCUT2D eigenvalue weighted by molar-refractivity contribution is 5.61. The largest absolute Gasteiger partial charge is 0.384 e. The van der Waals surface area contributed by atoms with E-state index in [9.17, 15) is 0 Å². The smallest absolute Gasteiger partial charge is 0.0499 e. The van der Waals surface area contributed by atoms with E-state index in [2.05, 4.69) is 35.8 Å². The first-order chi connectivity index (χ1) is 8.31. The number of fused-ring (bicyclic) bond motifs is 1. The zero-order valence-corrected chi connectivity index (χ0v) is 10.8. The van der Waals surface area contributed by atoms with Gasteiger partial charge in [-0.3, -0.25) is 0 Å². The van der Waals surface area contributed by atoms with Crippen molar-refractivity contribution >= 4 is 5.69 Å². The van der Waals surface area contributed by atoms with E-state index in [0.29, 0.717) is 5.92 Å². The minimum absolute atomic E-state index is 0.560. The van der Waals surface area contributed by atoms with Gasteiger partial charge in [0, 0.05) is 39.0 Å². The first-order valence-electron chi connectivity index (χ1n) is 6.35. The molecule has 1 unspecified atom stereocenters. The highest BCUT2D eigenvalue weighted by Gasteiger charge is 2.13. The molecule has 0 spiro atoms. The molecule has 1 heterocycles. The van der Waals surface area contributed by atoms with E-state index < -0.39 is 0 Å². The summed E-state index contributed by atoms with van der Waals surface area (Å²) in [4.78, 5) is 0. The fourth-order valence-electron chi connectivity index (χ4n) is 2.35. The molecule has 0 aliphatic carbocycles. The minimum Gasteiger partial charge on any atom is -0.384 e. The van der Waals surface area contributed by atoms with Crippen molar-refractivity contribution in [3.05, 3.63) is 29.3 Å². The van der Waals surface area contributed by atoms with Crippen LogP contribution in [0.1, 0.15) is 18.1 Å². The van der Waals surface area contributed by atoms with Gasteiger partial charge in [-0.05, 0) is 23.5 Å². The number of benzene rings is 1. The zero-order valence-electron chi connectivity index (χ0n) is 10.8. The first-order valence-corrected chi connectivity index (χ1v) is 6.35. The maximum absolute atomic E-state index is 5.13. The van der Waals surface area contributed by atoms with E-state index in [1.165, 1.54) is 16.8 Å². The van der Waals surface area contributed by atoms with Crippen LogP contribution in [-0.4, -0.2) is 26.8 Å². The van der Waals surface area contributed by atoms with Crippen LogP contribution in [0.3, 0.4) is 0 Å². The number of anilines is 1. The van der Waals surface area contributed by atoms with Crippen LogP contribution in [0, 0.1) is 5.92 Å². The molecule has 0 saturated heterocycles. The van der Waals surface area contributed by atoms with Crippen molar-refractivity contribution in [3.63, 3.8) is 0 Å². The molecule has 2 N–H and O–H groups in total. The third-order valence-electron chi connectivity index (χ3n) is 3.19. The van der Waals surface area contributed by atoms with Crippen LogP contribution < -0.4 is 10.6 Å². The monoisotopic (exact) mass is 234 g/mol. The summed E-state index contributed by atoms with van der Waals surface area (Å²) >= 11 is 0. The standard InChI is InChI=1S/C14H22N2O/c1-11(10-17-2)8-15-9-13-5-3-4-12-6-7-16-14(12)13/h3-5,11,15-16H,6-10H2,1-2H3. The lowest BCUT2D eigenvalue weighted by molar-refractivity contribution is 0.158. The second kappa shape index (κ2) is 6.03. The van der Waals surface area contributed by atoms with E-state index in [1.807, 2.05) is 0 Å². The van der Waals surface area contributed by atoms with Gasteiger partial charge in [-0.1, -0.05) is 25.1 Å². The molecule has 3 nitrogen and oxygen atoms in total. The third kappa shape index (κ3) is 3.20. The van der Waals surface area contributed by atoms with Crippen molar-refractivity contribution in [2.75, 3.05) is 32.1 Å². The summed E-state index contributed by atoms with van der Waals surface area (Å²) in [6, 6.07) is 6.57. The van der Waals surface area contributed by atoms with Crippen LogP contribution >= 0.6 is 0 Å². The predicted octanol–water partition coefficient (Wildman–Crippen LogP) is 2.03. The molecule has 3 heteroatoms. The molecule has 0 radical (unpaired) electrons. The van der Waals surface area contributed by atoms with Gasteiger partial charge in [0.05, 0.1) is 0 Å². The Morgan fingerprint density at radius 1 is 1.47 bits per heavy atom. The Morgan fingerprint density at radius 3 is 3.18 bits per heavy atom. The Kier molecular flexibility index (Phi) is 4.40. The highest BCUT2D eigenvalue weighted by Crippen LogP contribution is 2.26. The lowest BCUT2D eigenvalue weighted by atomic mass is 10.1. The predicted molar refractivity (Wildman–Crippen MR) is 71.4 cm³/mol. The number of ether oxygens (including phenoxy) is 1. The summed E-state index contributed by atoms with van der Waals surface area (Å²) in [6.07, 6.45) is 1.16. The number of hydrogen-bond acceptors (Lipinski definition) is 3. The quantitative estimate of drug-likeness (QED) is 0.790. The average Bonchev–Trinajstić information content (AvgIpc) is 2.78. The molecule has 1 aromatic rings. The molecule has 0 aromatic heterocycles. The summed E-state index contributed by atoms with van der Waals surface area (Å²) in [5.41, 5.74) is 4.18. The maximum atomic E-state index is 5.13. The summed E-state index contributed by atoms with van der Waals surface area (Å²) in [6.45, 7) is 6.02. The normalized spacial score (nSPS) is 15.4. The maximum Gasteiger partial charge on any atom is 0.0499 e. The van der Waals surface area contributed by atoms with Gasteiger partial charge in [-0.25, -0.2) is 0 Å². The molecular weight excluding hydrogens is 212 g/mol. The molecule has 0 fully saturated rings. The molecule has 94 valence electrons. The molecule has 0 saturated carbocycles. The molecule has 1 aliphatic rings. The fraction of sp³-hybridized carbons (Fsp3) is 0.571. The lowest BCUT2D eigenvalue weighted by Crippen LogP contribution is -2.23. The Balaban J connectivity index is 1.85. The van der Waals surface area contributed by atoms with Gasteiger partial charge in [0.2, 0.25) is 0 Å². The van der Waals surface area contributed by atoms with Crippen LogP contribution in [0.15, 0.2) is 18.2 Å². The second-order valence-electron chi connectivity index (χ2n) is 4.82. The van der Waals surface area contributed by atoms with Gasteiger partial charge < -0.3 is 15.4 Å². The van der Waals surface area contributed by atoms with Crippen LogP contribution in [0.25, 0.3) is 0 Å². The number of hydrogen-bond donors (Lipinski definition) is 2. The molecule has 0 amide bonds. The zero-order chi connectivity index (χ0) is 12.1. The van der Waals surface area contributed by atoms with E-state index in [4.69, 9.17) is 4.74 Å². The Labute approximate surface area is 104 Å². The van der Waals surface area contributed by atoms with E-state index in [1.54, 1.807) is 7.11 Å². The summed E-state index contributed by atoms with van der Waals surface area (Å²) in [5.74, 6) is 0.560. The van der Waals surface area contributed by atoms with Gasteiger partial charge in [0.1, 0.15) is 0 Å². The minimum atomic E-state index is 0.560. The summed E-state index contributed by atoms with van der Waals surface area (Å²) in [7, 11) is 1.75. The Hall–Kier alpha value is -1.06. The van der Waals surface area contributed by atoms with Gasteiger partial charge in [0.25, 0.3) is 0 Å². The van der Waals surface area contributed by atoms with Crippen LogP contribution in [0.5, 0.6) is 0 Å². The molecular formula is C14H22N2O. The lowest BCUT2D eigenvalue weighted by Gasteiger charge is -2.13. The van der Waals surface area contributed by atoms with Crippen molar-refractivity contribution in [2.45, 2.75) is 19.9 Å².